The van der Waals surface area contributed by atoms with E-state index in [1.807, 2.05) is 11.8 Å². The van der Waals surface area contributed by atoms with Crippen molar-refractivity contribution in [3.8, 4) is 0 Å². The molecule has 2 atom stereocenters. The molecule has 0 bridgehead atoms. The number of nitrogens with zero attached hydrogens (tertiary/aromatic N) is 2. The molecule has 2 rings (SSSR count). The van der Waals surface area contributed by atoms with Gasteiger partial charge in [0.25, 0.3) is 0 Å². The van der Waals surface area contributed by atoms with Crippen LogP contribution in [0.2, 0.25) is 0 Å². The zero-order valence-electron chi connectivity index (χ0n) is 12.9. The van der Waals surface area contributed by atoms with Crippen LogP contribution in [0.4, 0.5) is 0 Å². The summed E-state index contributed by atoms with van der Waals surface area (Å²) < 4.78 is 0. The Morgan fingerprint density at radius 1 is 1.35 bits per heavy atom. The summed E-state index contributed by atoms with van der Waals surface area (Å²) in [6.45, 7) is 10.0. The third-order valence-corrected chi connectivity index (χ3v) is 4.71. The molecule has 5 nitrogen and oxygen atoms in total. The van der Waals surface area contributed by atoms with E-state index in [1.165, 1.54) is 0 Å². The van der Waals surface area contributed by atoms with Gasteiger partial charge in [-0.05, 0) is 32.7 Å². The predicted octanol–water partition coefficient (Wildman–Crippen LogP) is 0.291. The maximum atomic E-state index is 12.7. The van der Waals surface area contributed by atoms with Crippen LogP contribution in [0.1, 0.15) is 33.1 Å². The highest BCUT2D eigenvalue weighted by molar-refractivity contribution is 5.82. The standard InChI is InChI=1S/C15H29N3O2/c1-3-13(19)11-17-7-9-18(10-8-17)14(20)15(2)5-4-6-16-12-15/h13,16,19H,3-12H2,1-2H3. The highest BCUT2D eigenvalue weighted by Gasteiger charge is 2.38. The van der Waals surface area contributed by atoms with Gasteiger partial charge in [-0.3, -0.25) is 9.69 Å². The number of aliphatic hydroxyl groups excluding tert-OH is 1. The lowest BCUT2D eigenvalue weighted by atomic mass is 9.81. The van der Waals surface area contributed by atoms with E-state index in [2.05, 4.69) is 17.1 Å². The SMILES string of the molecule is CCC(O)CN1CCN(C(=O)C2(C)CCCNC2)CC1. The molecule has 2 saturated heterocycles. The number of β-amino-alcohol motifs (C(OH)–C–C–N with tert-alkyl or cyclic N) is 1. The number of hydrogen-bond acceptors (Lipinski definition) is 4. The lowest BCUT2D eigenvalue weighted by molar-refractivity contribution is -0.144. The first-order valence-corrected chi connectivity index (χ1v) is 7.95. The van der Waals surface area contributed by atoms with E-state index in [9.17, 15) is 9.90 Å². The van der Waals surface area contributed by atoms with Crippen molar-refractivity contribution in [3.63, 3.8) is 0 Å². The Morgan fingerprint density at radius 3 is 2.60 bits per heavy atom. The molecule has 116 valence electrons. The summed E-state index contributed by atoms with van der Waals surface area (Å²) in [6.07, 6.45) is 2.64. The summed E-state index contributed by atoms with van der Waals surface area (Å²) in [5, 5.41) is 13.0. The first-order valence-electron chi connectivity index (χ1n) is 7.95. The Bertz CT molecular complexity index is 321. The van der Waals surface area contributed by atoms with Crippen molar-refractivity contribution in [1.82, 2.24) is 15.1 Å². The van der Waals surface area contributed by atoms with Gasteiger partial charge in [-0.1, -0.05) is 6.92 Å². The van der Waals surface area contributed by atoms with E-state index in [-0.39, 0.29) is 11.5 Å². The Hall–Kier alpha value is -0.650. The molecule has 0 aliphatic carbocycles. The Kier molecular flexibility index (Phi) is 5.41. The lowest BCUT2D eigenvalue weighted by Gasteiger charge is -2.41. The number of rotatable bonds is 4. The molecule has 2 aliphatic heterocycles. The van der Waals surface area contributed by atoms with Gasteiger partial charge in [0.15, 0.2) is 0 Å². The van der Waals surface area contributed by atoms with Gasteiger partial charge in [0.1, 0.15) is 0 Å². The van der Waals surface area contributed by atoms with Gasteiger partial charge in [0.2, 0.25) is 5.91 Å². The van der Waals surface area contributed by atoms with Crippen molar-refractivity contribution in [2.45, 2.75) is 39.2 Å². The van der Waals surface area contributed by atoms with E-state index in [4.69, 9.17) is 0 Å². The molecule has 0 radical (unpaired) electrons. The van der Waals surface area contributed by atoms with Crippen LogP contribution in [0.15, 0.2) is 0 Å². The zero-order chi connectivity index (χ0) is 14.6. The van der Waals surface area contributed by atoms with E-state index in [1.54, 1.807) is 0 Å². The average molecular weight is 283 g/mol. The zero-order valence-corrected chi connectivity index (χ0v) is 12.9. The fourth-order valence-electron chi connectivity index (χ4n) is 3.18. The maximum Gasteiger partial charge on any atom is 0.229 e. The predicted molar refractivity (Wildman–Crippen MR) is 79.5 cm³/mol. The van der Waals surface area contributed by atoms with Crippen molar-refractivity contribution >= 4 is 5.91 Å². The summed E-state index contributed by atoms with van der Waals surface area (Å²) in [5.41, 5.74) is -0.219. The molecule has 2 heterocycles. The van der Waals surface area contributed by atoms with Crippen LogP contribution in [0.5, 0.6) is 0 Å². The summed E-state index contributed by atoms with van der Waals surface area (Å²) in [6, 6.07) is 0. The number of nitrogens with one attached hydrogen (secondary N) is 1. The Balaban J connectivity index is 1.82. The van der Waals surface area contributed by atoms with Gasteiger partial charge in [0, 0.05) is 39.3 Å². The molecule has 0 aromatic rings. The summed E-state index contributed by atoms with van der Waals surface area (Å²) in [7, 11) is 0. The van der Waals surface area contributed by atoms with Crippen molar-refractivity contribution in [1.29, 1.82) is 0 Å². The summed E-state index contributed by atoms with van der Waals surface area (Å²) >= 11 is 0. The molecular weight excluding hydrogens is 254 g/mol. The Labute approximate surface area is 122 Å². The quantitative estimate of drug-likeness (QED) is 0.779. The van der Waals surface area contributed by atoms with Crippen LogP contribution >= 0.6 is 0 Å². The molecule has 20 heavy (non-hydrogen) atoms. The lowest BCUT2D eigenvalue weighted by Crippen LogP contribution is -2.56. The number of carbonyl (C=O) groups is 1. The van der Waals surface area contributed by atoms with Crippen LogP contribution in [0.3, 0.4) is 0 Å². The second-order valence-corrected chi connectivity index (χ2v) is 6.50. The van der Waals surface area contributed by atoms with Crippen LogP contribution < -0.4 is 5.32 Å². The third-order valence-electron chi connectivity index (χ3n) is 4.71. The van der Waals surface area contributed by atoms with E-state index in [0.29, 0.717) is 5.91 Å². The Morgan fingerprint density at radius 2 is 2.05 bits per heavy atom. The third kappa shape index (κ3) is 3.71. The number of carbonyl (C=O) groups excluding carboxylic acids is 1. The van der Waals surface area contributed by atoms with Gasteiger partial charge >= 0.3 is 0 Å². The summed E-state index contributed by atoms with van der Waals surface area (Å²) in [4.78, 5) is 17.0. The van der Waals surface area contributed by atoms with Gasteiger partial charge in [-0.2, -0.15) is 0 Å². The second kappa shape index (κ2) is 6.87. The molecule has 2 fully saturated rings. The van der Waals surface area contributed by atoms with Crippen molar-refractivity contribution in [2.24, 2.45) is 5.41 Å². The van der Waals surface area contributed by atoms with E-state index < -0.39 is 0 Å². The minimum atomic E-state index is -0.239. The topological polar surface area (TPSA) is 55.8 Å². The molecule has 1 amide bonds. The molecule has 2 unspecified atom stereocenters. The van der Waals surface area contributed by atoms with Gasteiger partial charge in [-0.15, -0.1) is 0 Å². The largest absolute Gasteiger partial charge is 0.392 e. The normalized spacial score (nSPS) is 30.2. The highest BCUT2D eigenvalue weighted by atomic mass is 16.3. The highest BCUT2D eigenvalue weighted by Crippen LogP contribution is 2.28. The molecule has 2 N–H and O–H groups in total. The fourth-order valence-corrected chi connectivity index (χ4v) is 3.18. The minimum Gasteiger partial charge on any atom is -0.392 e. The number of aliphatic hydroxyl groups is 1. The molecule has 0 saturated carbocycles. The first kappa shape index (κ1) is 15.7. The van der Waals surface area contributed by atoms with Crippen molar-refractivity contribution in [2.75, 3.05) is 45.8 Å². The number of piperidine rings is 1. The molecule has 2 aliphatic rings. The van der Waals surface area contributed by atoms with Crippen molar-refractivity contribution in [3.05, 3.63) is 0 Å². The van der Waals surface area contributed by atoms with Crippen LogP contribution in [-0.4, -0.2) is 72.7 Å². The molecular formula is C15H29N3O2. The van der Waals surface area contributed by atoms with Crippen LogP contribution in [0.25, 0.3) is 0 Å². The van der Waals surface area contributed by atoms with E-state index in [0.717, 1.165) is 65.1 Å². The van der Waals surface area contributed by atoms with E-state index >= 15 is 0 Å². The molecule has 0 aromatic carbocycles. The van der Waals surface area contributed by atoms with Crippen LogP contribution in [0, 0.1) is 5.41 Å². The number of hydrogen-bond donors (Lipinski definition) is 2. The van der Waals surface area contributed by atoms with Crippen LogP contribution in [-0.2, 0) is 4.79 Å². The monoisotopic (exact) mass is 283 g/mol. The van der Waals surface area contributed by atoms with Gasteiger partial charge in [0.05, 0.1) is 11.5 Å². The number of piperazine rings is 1. The van der Waals surface area contributed by atoms with Crippen molar-refractivity contribution < 1.29 is 9.90 Å². The molecule has 5 heteroatoms. The maximum absolute atomic E-state index is 12.7. The second-order valence-electron chi connectivity index (χ2n) is 6.50. The molecule has 0 aromatic heterocycles. The smallest absolute Gasteiger partial charge is 0.229 e. The van der Waals surface area contributed by atoms with Gasteiger partial charge < -0.3 is 15.3 Å². The average Bonchev–Trinajstić information content (AvgIpc) is 2.48. The molecule has 0 spiro atoms. The van der Waals surface area contributed by atoms with Gasteiger partial charge in [-0.25, -0.2) is 0 Å². The summed E-state index contributed by atoms with van der Waals surface area (Å²) in [5.74, 6) is 0.306. The fraction of sp³-hybridized carbons (Fsp3) is 0.933. The first-order chi connectivity index (χ1) is 9.55. The number of amides is 1. The minimum absolute atomic E-state index is 0.219.